The van der Waals surface area contributed by atoms with E-state index < -0.39 is 10.0 Å². The summed E-state index contributed by atoms with van der Waals surface area (Å²) in [5.41, 5.74) is 1.79. The van der Waals surface area contributed by atoms with Gasteiger partial charge in [-0.3, -0.25) is 4.79 Å². The molecular formula is C17H17N3O4S. The highest BCUT2D eigenvalue weighted by atomic mass is 32.2. The lowest BCUT2D eigenvalue weighted by atomic mass is 10.1. The Morgan fingerprint density at radius 1 is 1.16 bits per heavy atom. The van der Waals surface area contributed by atoms with E-state index in [-0.39, 0.29) is 16.7 Å². The third-order valence-electron chi connectivity index (χ3n) is 3.86. The number of amides is 1. The lowest BCUT2D eigenvalue weighted by molar-refractivity contribution is -0.114. The number of nitrogens with zero attached hydrogens (tertiary/aromatic N) is 1. The molecule has 2 aromatic carbocycles. The number of nitrogens with one attached hydrogen (secondary N) is 2. The molecule has 0 bridgehead atoms. The highest BCUT2D eigenvalue weighted by Crippen LogP contribution is 2.28. The second-order valence-electron chi connectivity index (χ2n) is 5.70. The average molecular weight is 359 g/mol. The van der Waals surface area contributed by atoms with Gasteiger partial charge >= 0.3 is 0 Å². The van der Waals surface area contributed by atoms with Gasteiger partial charge in [0.1, 0.15) is 0 Å². The molecule has 8 heteroatoms. The molecule has 130 valence electrons. The van der Waals surface area contributed by atoms with Gasteiger partial charge in [-0.15, -0.1) is 0 Å². The van der Waals surface area contributed by atoms with Crippen LogP contribution in [0.25, 0.3) is 10.8 Å². The summed E-state index contributed by atoms with van der Waals surface area (Å²) < 4.78 is 32.7. The summed E-state index contributed by atoms with van der Waals surface area (Å²) in [6.07, 6.45) is 0. The average Bonchev–Trinajstić information content (AvgIpc) is 2.86. The van der Waals surface area contributed by atoms with Crippen molar-refractivity contribution in [2.24, 2.45) is 0 Å². The molecule has 0 atom stereocenters. The van der Waals surface area contributed by atoms with E-state index in [4.69, 9.17) is 4.52 Å². The zero-order chi connectivity index (χ0) is 18.2. The fourth-order valence-corrected chi connectivity index (χ4v) is 3.48. The van der Waals surface area contributed by atoms with E-state index in [9.17, 15) is 13.2 Å². The number of rotatable bonds is 4. The van der Waals surface area contributed by atoms with Crippen LogP contribution in [0.1, 0.15) is 18.2 Å². The zero-order valence-electron chi connectivity index (χ0n) is 14.0. The van der Waals surface area contributed by atoms with E-state index in [0.29, 0.717) is 22.3 Å². The van der Waals surface area contributed by atoms with Crippen molar-refractivity contribution in [1.82, 2.24) is 5.16 Å². The van der Waals surface area contributed by atoms with Crippen LogP contribution in [0.5, 0.6) is 0 Å². The summed E-state index contributed by atoms with van der Waals surface area (Å²) in [7, 11) is -3.86. The standard InChI is InChI=1S/C17H17N3O4S/c1-10-11(2)19-24-17(10)20-25(22,23)14-8-7-13-5-4-6-16(15(13)9-14)18-12(3)21/h4-9,20H,1-3H3,(H,18,21). The van der Waals surface area contributed by atoms with Crippen molar-refractivity contribution >= 4 is 38.3 Å². The van der Waals surface area contributed by atoms with Gasteiger partial charge in [0, 0.05) is 23.6 Å². The number of sulfonamides is 1. The van der Waals surface area contributed by atoms with Crippen LogP contribution in [0.4, 0.5) is 11.6 Å². The lowest BCUT2D eigenvalue weighted by Gasteiger charge is -2.10. The van der Waals surface area contributed by atoms with Crippen molar-refractivity contribution in [3.63, 3.8) is 0 Å². The van der Waals surface area contributed by atoms with Crippen molar-refractivity contribution in [2.45, 2.75) is 25.7 Å². The summed E-state index contributed by atoms with van der Waals surface area (Å²) in [6.45, 7) is 4.85. The summed E-state index contributed by atoms with van der Waals surface area (Å²) in [5, 5.41) is 7.89. The Bertz CT molecular complexity index is 1070. The Morgan fingerprint density at radius 3 is 2.56 bits per heavy atom. The number of carbonyl (C=O) groups is 1. The van der Waals surface area contributed by atoms with Crippen molar-refractivity contribution in [3.8, 4) is 0 Å². The molecule has 1 heterocycles. The summed E-state index contributed by atoms with van der Waals surface area (Å²) in [5.74, 6) is -0.139. The van der Waals surface area contributed by atoms with Crippen LogP contribution in [0, 0.1) is 13.8 Å². The maximum atomic E-state index is 12.7. The number of aryl methyl sites for hydroxylation is 1. The monoisotopic (exact) mass is 359 g/mol. The molecule has 3 rings (SSSR count). The minimum absolute atomic E-state index is 0.0613. The minimum atomic E-state index is -3.86. The van der Waals surface area contributed by atoms with Gasteiger partial charge in [-0.1, -0.05) is 23.4 Å². The van der Waals surface area contributed by atoms with Gasteiger partial charge in [0.25, 0.3) is 10.0 Å². The smallest absolute Gasteiger partial charge is 0.264 e. The largest absolute Gasteiger partial charge is 0.337 e. The maximum absolute atomic E-state index is 12.7. The molecular weight excluding hydrogens is 342 g/mol. The van der Waals surface area contributed by atoms with E-state index in [1.807, 2.05) is 6.07 Å². The van der Waals surface area contributed by atoms with Crippen LogP contribution in [0.15, 0.2) is 45.8 Å². The number of hydrogen-bond acceptors (Lipinski definition) is 5. The number of hydrogen-bond donors (Lipinski definition) is 2. The highest BCUT2D eigenvalue weighted by molar-refractivity contribution is 7.92. The number of fused-ring (bicyclic) bond motifs is 1. The summed E-state index contributed by atoms with van der Waals surface area (Å²) in [4.78, 5) is 11.4. The van der Waals surface area contributed by atoms with Crippen molar-refractivity contribution < 1.29 is 17.7 Å². The SMILES string of the molecule is CC(=O)Nc1cccc2ccc(S(=O)(=O)Nc3onc(C)c3C)cc12. The van der Waals surface area contributed by atoms with Gasteiger partial charge in [0.2, 0.25) is 11.8 Å². The number of carbonyl (C=O) groups excluding carboxylic acids is 1. The van der Waals surface area contributed by atoms with Crippen LogP contribution < -0.4 is 10.0 Å². The first-order valence-electron chi connectivity index (χ1n) is 7.54. The molecule has 0 saturated carbocycles. The number of anilines is 2. The molecule has 0 radical (unpaired) electrons. The molecule has 1 amide bonds. The normalized spacial score (nSPS) is 11.5. The molecule has 0 unspecified atom stereocenters. The second-order valence-corrected chi connectivity index (χ2v) is 7.38. The fraction of sp³-hybridized carbons (Fsp3) is 0.176. The van der Waals surface area contributed by atoms with Crippen LogP contribution in [-0.4, -0.2) is 19.5 Å². The van der Waals surface area contributed by atoms with Crippen LogP contribution >= 0.6 is 0 Å². The third-order valence-corrected chi connectivity index (χ3v) is 5.19. The summed E-state index contributed by atoms with van der Waals surface area (Å²) in [6, 6.07) is 10.1. The van der Waals surface area contributed by atoms with E-state index in [0.717, 1.165) is 5.39 Å². The quantitative estimate of drug-likeness (QED) is 0.745. The molecule has 0 saturated heterocycles. The topological polar surface area (TPSA) is 101 Å². The van der Waals surface area contributed by atoms with Crippen LogP contribution in [-0.2, 0) is 14.8 Å². The predicted molar refractivity (Wildman–Crippen MR) is 95.0 cm³/mol. The van der Waals surface area contributed by atoms with Gasteiger partial charge in [0.05, 0.1) is 10.6 Å². The molecule has 2 N–H and O–H groups in total. The number of aromatic nitrogens is 1. The van der Waals surface area contributed by atoms with Crippen molar-refractivity contribution in [3.05, 3.63) is 47.7 Å². The molecule has 0 fully saturated rings. The Morgan fingerprint density at radius 2 is 1.92 bits per heavy atom. The Hall–Kier alpha value is -2.87. The van der Waals surface area contributed by atoms with Crippen molar-refractivity contribution in [1.29, 1.82) is 0 Å². The van der Waals surface area contributed by atoms with Gasteiger partial charge in [0.15, 0.2) is 0 Å². The minimum Gasteiger partial charge on any atom is -0.337 e. The Balaban J connectivity index is 2.05. The predicted octanol–water partition coefficient (Wildman–Crippen LogP) is 3.20. The van der Waals surface area contributed by atoms with Crippen LogP contribution in [0.3, 0.4) is 0 Å². The Kier molecular flexibility index (Phi) is 4.22. The van der Waals surface area contributed by atoms with E-state index >= 15 is 0 Å². The molecule has 0 aliphatic heterocycles. The third kappa shape index (κ3) is 3.34. The number of benzene rings is 2. The first-order valence-corrected chi connectivity index (χ1v) is 9.02. The fourth-order valence-electron chi connectivity index (χ4n) is 2.41. The van der Waals surface area contributed by atoms with Gasteiger partial charge in [-0.25, -0.2) is 13.1 Å². The van der Waals surface area contributed by atoms with E-state index in [1.54, 1.807) is 32.0 Å². The maximum Gasteiger partial charge on any atom is 0.264 e. The van der Waals surface area contributed by atoms with E-state index in [1.165, 1.54) is 19.1 Å². The molecule has 1 aromatic heterocycles. The molecule has 3 aromatic rings. The van der Waals surface area contributed by atoms with E-state index in [2.05, 4.69) is 15.2 Å². The zero-order valence-corrected chi connectivity index (χ0v) is 14.8. The molecule has 25 heavy (non-hydrogen) atoms. The first-order chi connectivity index (χ1) is 11.8. The summed E-state index contributed by atoms with van der Waals surface area (Å²) >= 11 is 0. The molecule has 0 aliphatic rings. The first kappa shape index (κ1) is 17.0. The molecule has 0 spiro atoms. The molecule has 7 nitrogen and oxygen atoms in total. The second kappa shape index (κ2) is 6.21. The van der Waals surface area contributed by atoms with Gasteiger partial charge < -0.3 is 9.84 Å². The lowest BCUT2D eigenvalue weighted by Crippen LogP contribution is -2.13. The Labute approximate surface area is 145 Å². The highest BCUT2D eigenvalue weighted by Gasteiger charge is 2.20. The van der Waals surface area contributed by atoms with Crippen LogP contribution in [0.2, 0.25) is 0 Å². The van der Waals surface area contributed by atoms with Crippen molar-refractivity contribution in [2.75, 3.05) is 10.0 Å². The van der Waals surface area contributed by atoms with Gasteiger partial charge in [-0.2, -0.15) is 0 Å². The molecule has 0 aliphatic carbocycles. The van der Waals surface area contributed by atoms with Gasteiger partial charge in [-0.05, 0) is 37.4 Å².